The second-order valence-corrected chi connectivity index (χ2v) is 9.37. The van der Waals surface area contributed by atoms with Gasteiger partial charge in [-0.15, -0.1) is 0 Å². The number of ketones is 1. The number of hydrogen-bond acceptors (Lipinski definition) is 12. The van der Waals surface area contributed by atoms with Crippen LogP contribution in [0, 0.1) is 0 Å². The molecule has 2 aromatic heterocycles. The molecule has 1 saturated heterocycles. The highest BCUT2D eigenvalue weighted by Crippen LogP contribution is 2.43. The van der Waals surface area contributed by atoms with Crippen LogP contribution in [0.15, 0.2) is 12.7 Å². The number of carbonyl (C=O) groups is 4. The predicted molar refractivity (Wildman–Crippen MR) is 138 cm³/mol. The van der Waals surface area contributed by atoms with Crippen LogP contribution in [0.2, 0.25) is 0 Å². The zero-order valence-corrected chi connectivity index (χ0v) is 22.9. The number of esters is 3. The first kappa shape index (κ1) is 29.9. The molecule has 214 valence electrons. The number of imidazole rings is 1. The van der Waals surface area contributed by atoms with Gasteiger partial charge in [0, 0.05) is 25.7 Å². The number of hydrogen-bond donors (Lipinski definition) is 1. The number of rotatable bonds is 14. The third kappa shape index (κ3) is 6.35. The summed E-state index contributed by atoms with van der Waals surface area (Å²) in [4.78, 5) is 64.3. The zero-order chi connectivity index (χ0) is 28.6. The Labute approximate surface area is 226 Å². The van der Waals surface area contributed by atoms with E-state index in [0.29, 0.717) is 25.7 Å². The van der Waals surface area contributed by atoms with Gasteiger partial charge in [-0.25, -0.2) is 15.0 Å². The molecule has 2 aromatic rings. The van der Waals surface area contributed by atoms with E-state index in [2.05, 4.69) is 15.0 Å². The molecule has 3 rings (SSSR count). The van der Waals surface area contributed by atoms with Crippen LogP contribution in [0.25, 0.3) is 11.2 Å². The number of anilines is 1. The minimum Gasteiger partial charge on any atom is -0.463 e. The molecule has 2 N–H and O–H groups in total. The van der Waals surface area contributed by atoms with Gasteiger partial charge in [0.05, 0.1) is 0 Å². The standard InChI is InChI=1S/C26H37N5O8/c1-5-9-17(32)26(31-15-30-21-24(27)28-14-29-25(21)31)23(38-20(35)12-8-4)22(37-19(34)11-7-3)16(39-26)13-36-18(33)10-6-2/h14-16,22-23H,5-13H2,1-4H3,(H2,27,28,29)/t16-,22-,23-,26-/m1/s1. The van der Waals surface area contributed by atoms with E-state index in [-0.39, 0.29) is 49.3 Å². The predicted octanol–water partition coefficient (Wildman–Crippen LogP) is 2.60. The Morgan fingerprint density at radius 1 is 0.897 bits per heavy atom. The summed E-state index contributed by atoms with van der Waals surface area (Å²) in [5, 5.41) is 0. The van der Waals surface area contributed by atoms with Gasteiger partial charge >= 0.3 is 17.9 Å². The van der Waals surface area contributed by atoms with E-state index in [9.17, 15) is 19.2 Å². The van der Waals surface area contributed by atoms with Crippen molar-refractivity contribution in [2.45, 2.75) is 103 Å². The van der Waals surface area contributed by atoms with E-state index >= 15 is 0 Å². The van der Waals surface area contributed by atoms with Crippen molar-refractivity contribution in [2.24, 2.45) is 0 Å². The monoisotopic (exact) mass is 547 g/mol. The Bertz CT molecular complexity index is 1180. The smallest absolute Gasteiger partial charge is 0.306 e. The lowest BCUT2D eigenvalue weighted by molar-refractivity contribution is -0.189. The van der Waals surface area contributed by atoms with Crippen LogP contribution in [0.1, 0.15) is 79.1 Å². The Hall–Kier alpha value is -3.61. The molecule has 13 heteroatoms. The fraction of sp³-hybridized carbons (Fsp3) is 0.654. The molecular formula is C26H37N5O8. The van der Waals surface area contributed by atoms with Gasteiger partial charge in [-0.05, 0) is 25.7 Å². The van der Waals surface area contributed by atoms with Gasteiger partial charge < -0.3 is 24.7 Å². The first-order valence-corrected chi connectivity index (χ1v) is 13.4. The molecule has 0 bridgehead atoms. The number of nitrogens with zero attached hydrogens (tertiary/aromatic N) is 4. The molecule has 1 aliphatic rings. The first-order chi connectivity index (χ1) is 18.7. The van der Waals surface area contributed by atoms with Crippen LogP contribution in [-0.2, 0) is 43.9 Å². The van der Waals surface area contributed by atoms with Crippen molar-refractivity contribution in [2.75, 3.05) is 12.3 Å². The van der Waals surface area contributed by atoms with Crippen LogP contribution in [0.3, 0.4) is 0 Å². The number of fused-ring (bicyclic) bond motifs is 1. The minimum absolute atomic E-state index is 0.0278. The number of carbonyl (C=O) groups excluding carboxylic acids is 4. The summed E-state index contributed by atoms with van der Waals surface area (Å²) < 4.78 is 24.8. The molecular weight excluding hydrogens is 510 g/mol. The maximum Gasteiger partial charge on any atom is 0.306 e. The van der Waals surface area contributed by atoms with Gasteiger partial charge in [-0.1, -0.05) is 27.7 Å². The van der Waals surface area contributed by atoms with Gasteiger partial charge in [0.2, 0.25) is 5.72 Å². The maximum absolute atomic E-state index is 14.0. The molecule has 1 fully saturated rings. The number of nitrogens with two attached hydrogens (primary N) is 1. The molecule has 4 atom stereocenters. The number of nitrogen functional groups attached to an aromatic ring is 1. The van der Waals surface area contributed by atoms with Crippen LogP contribution in [0.5, 0.6) is 0 Å². The highest BCUT2D eigenvalue weighted by Gasteiger charge is 2.65. The summed E-state index contributed by atoms with van der Waals surface area (Å²) in [7, 11) is 0. The van der Waals surface area contributed by atoms with Crippen LogP contribution >= 0.6 is 0 Å². The Morgan fingerprint density at radius 3 is 2.15 bits per heavy atom. The van der Waals surface area contributed by atoms with E-state index < -0.39 is 47.7 Å². The van der Waals surface area contributed by atoms with E-state index in [1.807, 2.05) is 20.8 Å². The summed E-state index contributed by atoms with van der Waals surface area (Å²) in [6.45, 7) is 6.92. The molecule has 3 heterocycles. The molecule has 1 aliphatic heterocycles. The molecule has 13 nitrogen and oxygen atoms in total. The molecule has 0 unspecified atom stereocenters. The fourth-order valence-electron chi connectivity index (χ4n) is 4.52. The second-order valence-electron chi connectivity index (χ2n) is 9.37. The van der Waals surface area contributed by atoms with Gasteiger partial charge in [-0.3, -0.25) is 23.7 Å². The normalized spacial score (nSPS) is 22.5. The quantitative estimate of drug-likeness (QED) is 0.271. The number of Topliss-reactive ketones (excluding diaryl/α,β-unsaturated/α-hetero) is 1. The van der Waals surface area contributed by atoms with Crippen molar-refractivity contribution in [1.29, 1.82) is 0 Å². The minimum atomic E-state index is -2.03. The molecule has 39 heavy (non-hydrogen) atoms. The number of aromatic nitrogens is 4. The van der Waals surface area contributed by atoms with Crippen molar-refractivity contribution in [3.8, 4) is 0 Å². The average Bonchev–Trinajstić information content (AvgIpc) is 3.45. The summed E-state index contributed by atoms with van der Waals surface area (Å²) in [6, 6.07) is 0. The van der Waals surface area contributed by atoms with Gasteiger partial charge in [0.25, 0.3) is 0 Å². The third-order valence-electron chi connectivity index (χ3n) is 6.27. The lowest BCUT2D eigenvalue weighted by Gasteiger charge is -2.34. The Kier molecular flexibility index (Phi) is 10.3. The van der Waals surface area contributed by atoms with Crippen LogP contribution in [-0.4, -0.2) is 68.1 Å². The Balaban J connectivity index is 2.22. The molecule has 0 aromatic carbocycles. The Morgan fingerprint density at radius 2 is 1.51 bits per heavy atom. The lowest BCUT2D eigenvalue weighted by atomic mass is 9.94. The third-order valence-corrected chi connectivity index (χ3v) is 6.27. The summed E-state index contributed by atoms with van der Waals surface area (Å²) in [5.74, 6) is -2.06. The maximum atomic E-state index is 14.0. The van der Waals surface area contributed by atoms with Crippen molar-refractivity contribution in [1.82, 2.24) is 19.5 Å². The SMILES string of the molecule is CCCC(=O)OC[C@H]1O[C@@](C(=O)CCC)(n2cnc3c(N)ncnc32)[C@H](OC(=O)CCC)[C@@H]1OC(=O)CCC. The molecule has 0 amide bonds. The van der Waals surface area contributed by atoms with Crippen molar-refractivity contribution in [3.63, 3.8) is 0 Å². The van der Waals surface area contributed by atoms with Gasteiger partial charge in [0.15, 0.2) is 29.5 Å². The number of ether oxygens (including phenoxy) is 4. The van der Waals surface area contributed by atoms with Gasteiger partial charge in [0.1, 0.15) is 30.9 Å². The van der Waals surface area contributed by atoms with Gasteiger partial charge in [-0.2, -0.15) is 0 Å². The highest BCUT2D eigenvalue weighted by molar-refractivity contribution is 5.90. The van der Waals surface area contributed by atoms with Crippen molar-refractivity contribution >= 4 is 40.7 Å². The van der Waals surface area contributed by atoms with E-state index in [0.717, 1.165) is 0 Å². The lowest BCUT2D eigenvalue weighted by Crippen LogP contribution is -2.54. The van der Waals surface area contributed by atoms with Crippen LogP contribution < -0.4 is 5.73 Å². The topological polar surface area (TPSA) is 175 Å². The summed E-state index contributed by atoms with van der Waals surface area (Å²) >= 11 is 0. The first-order valence-electron chi connectivity index (χ1n) is 13.4. The zero-order valence-electron chi connectivity index (χ0n) is 22.9. The second kappa shape index (κ2) is 13.5. The summed E-state index contributed by atoms with van der Waals surface area (Å²) in [6.07, 6.45) is 1.03. The largest absolute Gasteiger partial charge is 0.463 e. The van der Waals surface area contributed by atoms with Crippen LogP contribution in [0.4, 0.5) is 5.82 Å². The summed E-state index contributed by atoms with van der Waals surface area (Å²) in [5.41, 5.74) is 4.33. The highest BCUT2D eigenvalue weighted by atomic mass is 16.7. The fourth-order valence-corrected chi connectivity index (χ4v) is 4.52. The molecule has 0 aliphatic carbocycles. The molecule has 0 saturated carbocycles. The van der Waals surface area contributed by atoms with E-state index in [1.165, 1.54) is 17.2 Å². The van der Waals surface area contributed by atoms with E-state index in [1.54, 1.807) is 6.92 Å². The van der Waals surface area contributed by atoms with Crippen molar-refractivity contribution in [3.05, 3.63) is 12.7 Å². The van der Waals surface area contributed by atoms with E-state index in [4.69, 9.17) is 24.7 Å². The average molecular weight is 548 g/mol. The molecule has 0 spiro atoms. The molecule has 0 radical (unpaired) electrons. The van der Waals surface area contributed by atoms with Crippen molar-refractivity contribution < 1.29 is 38.1 Å².